The van der Waals surface area contributed by atoms with Crippen LogP contribution in [-0.2, 0) is 0 Å². The van der Waals surface area contributed by atoms with Gasteiger partial charge in [0.25, 0.3) is 5.19 Å². The van der Waals surface area contributed by atoms with E-state index in [0.29, 0.717) is 5.19 Å². The number of thiazole rings is 1. The van der Waals surface area contributed by atoms with E-state index < -0.39 is 0 Å². The predicted octanol–water partition coefficient (Wildman–Crippen LogP) is 4.35. The van der Waals surface area contributed by atoms with Crippen LogP contribution in [0.15, 0.2) is 42.6 Å². The van der Waals surface area contributed by atoms with Gasteiger partial charge in [-0.05, 0) is 62.3 Å². The van der Waals surface area contributed by atoms with E-state index in [2.05, 4.69) is 14.9 Å². The van der Waals surface area contributed by atoms with E-state index in [1.807, 2.05) is 36.4 Å². The molecule has 0 unspecified atom stereocenters. The molecule has 4 rings (SSSR count). The summed E-state index contributed by atoms with van der Waals surface area (Å²) in [7, 11) is 0. The molecule has 0 radical (unpaired) electrons. The number of ether oxygens (including phenoxy) is 2. The highest BCUT2D eigenvalue weighted by Crippen LogP contribution is 2.30. The minimum absolute atomic E-state index is 0.604. The smallest absolute Gasteiger partial charge is 0.281 e. The molecule has 0 bridgehead atoms. The fourth-order valence-corrected chi connectivity index (χ4v) is 3.75. The van der Waals surface area contributed by atoms with Gasteiger partial charge in [-0.3, -0.25) is 4.90 Å². The molecule has 130 valence electrons. The molecule has 0 atom stereocenters. The number of piperidine rings is 1. The first-order valence-electron chi connectivity index (χ1n) is 8.71. The van der Waals surface area contributed by atoms with Crippen LogP contribution >= 0.6 is 11.3 Å². The first-order chi connectivity index (χ1) is 12.4. The lowest BCUT2D eigenvalue weighted by molar-refractivity contribution is 0.183. The van der Waals surface area contributed by atoms with Crippen LogP contribution in [0.1, 0.15) is 19.3 Å². The zero-order valence-electron chi connectivity index (χ0n) is 14.1. The van der Waals surface area contributed by atoms with Crippen molar-refractivity contribution in [1.82, 2.24) is 14.9 Å². The molecule has 3 aromatic rings. The molecule has 1 aromatic carbocycles. The molecule has 25 heavy (non-hydrogen) atoms. The van der Waals surface area contributed by atoms with E-state index in [9.17, 15) is 0 Å². The molecule has 1 fully saturated rings. The number of benzene rings is 1. The Kier molecular flexibility index (Phi) is 5.09. The van der Waals surface area contributed by atoms with Crippen LogP contribution in [0, 0.1) is 0 Å². The average molecular weight is 355 g/mol. The molecule has 3 heterocycles. The van der Waals surface area contributed by atoms with Crippen molar-refractivity contribution in [1.29, 1.82) is 0 Å². The van der Waals surface area contributed by atoms with Gasteiger partial charge in [0.1, 0.15) is 28.5 Å². The van der Waals surface area contributed by atoms with Gasteiger partial charge in [0, 0.05) is 12.7 Å². The number of hydrogen-bond donors (Lipinski definition) is 0. The highest BCUT2D eigenvalue weighted by Gasteiger charge is 2.10. The average Bonchev–Trinajstić information content (AvgIpc) is 3.06. The Hall–Kier alpha value is -2.18. The number of pyridine rings is 1. The van der Waals surface area contributed by atoms with Crippen molar-refractivity contribution >= 4 is 21.7 Å². The van der Waals surface area contributed by atoms with Gasteiger partial charge in [0.15, 0.2) is 0 Å². The van der Waals surface area contributed by atoms with Gasteiger partial charge in [-0.1, -0.05) is 17.8 Å². The van der Waals surface area contributed by atoms with E-state index in [0.717, 1.165) is 35.0 Å². The van der Waals surface area contributed by atoms with Gasteiger partial charge in [-0.15, -0.1) is 0 Å². The second-order valence-corrected chi connectivity index (χ2v) is 7.07. The van der Waals surface area contributed by atoms with Crippen LogP contribution in [0.25, 0.3) is 10.3 Å². The number of likely N-dealkylation sites (tertiary alicyclic amines) is 1. The lowest BCUT2D eigenvalue weighted by Crippen LogP contribution is -2.33. The van der Waals surface area contributed by atoms with Crippen LogP contribution in [0.5, 0.6) is 16.7 Å². The molecule has 0 N–H and O–H groups in total. The Morgan fingerprint density at radius 3 is 2.60 bits per heavy atom. The lowest BCUT2D eigenvalue weighted by Gasteiger charge is -2.26. The van der Waals surface area contributed by atoms with Crippen LogP contribution in [-0.4, -0.2) is 41.1 Å². The minimum Gasteiger partial charge on any atom is -0.492 e. The van der Waals surface area contributed by atoms with Crippen LogP contribution in [0.3, 0.4) is 0 Å². The normalized spacial score (nSPS) is 15.4. The molecular weight excluding hydrogens is 334 g/mol. The van der Waals surface area contributed by atoms with Gasteiger partial charge in [-0.25, -0.2) is 9.97 Å². The van der Waals surface area contributed by atoms with Crippen LogP contribution < -0.4 is 9.47 Å². The molecule has 2 aromatic heterocycles. The maximum Gasteiger partial charge on any atom is 0.281 e. The first kappa shape index (κ1) is 16.3. The van der Waals surface area contributed by atoms with Gasteiger partial charge >= 0.3 is 0 Å². The van der Waals surface area contributed by atoms with Gasteiger partial charge in [-0.2, -0.15) is 0 Å². The Morgan fingerprint density at radius 2 is 1.80 bits per heavy atom. The standard InChI is InChI=1S/C19H21N3O2S/c1-2-11-22(12-3-1)13-14-23-15-6-8-16(9-7-15)24-19-21-17-5-4-10-20-18(17)25-19/h4-10H,1-3,11-14H2. The summed E-state index contributed by atoms with van der Waals surface area (Å²) in [6.45, 7) is 4.13. The van der Waals surface area contributed by atoms with Crippen molar-refractivity contribution < 1.29 is 9.47 Å². The molecule has 1 aliphatic rings. The number of nitrogens with zero attached hydrogens (tertiary/aromatic N) is 3. The lowest BCUT2D eigenvalue weighted by atomic mass is 10.1. The Morgan fingerprint density at radius 1 is 1.00 bits per heavy atom. The highest BCUT2D eigenvalue weighted by atomic mass is 32.1. The molecule has 0 amide bonds. The second kappa shape index (κ2) is 7.80. The van der Waals surface area contributed by atoms with Crippen molar-refractivity contribution in [3.05, 3.63) is 42.6 Å². The molecule has 0 saturated carbocycles. The summed E-state index contributed by atoms with van der Waals surface area (Å²) in [6, 6.07) is 11.5. The van der Waals surface area contributed by atoms with E-state index in [-0.39, 0.29) is 0 Å². The molecule has 6 heteroatoms. The van der Waals surface area contributed by atoms with Crippen molar-refractivity contribution in [3.8, 4) is 16.7 Å². The summed E-state index contributed by atoms with van der Waals surface area (Å²) in [5.74, 6) is 1.62. The predicted molar refractivity (Wildman–Crippen MR) is 99.7 cm³/mol. The molecule has 5 nitrogen and oxygen atoms in total. The summed E-state index contributed by atoms with van der Waals surface area (Å²) >= 11 is 1.44. The number of rotatable bonds is 6. The third-order valence-corrected chi connectivity index (χ3v) is 5.16. The maximum absolute atomic E-state index is 5.84. The monoisotopic (exact) mass is 355 g/mol. The number of fused-ring (bicyclic) bond motifs is 1. The van der Waals surface area contributed by atoms with E-state index in [4.69, 9.17) is 9.47 Å². The van der Waals surface area contributed by atoms with Crippen molar-refractivity contribution in [3.63, 3.8) is 0 Å². The Balaban J connectivity index is 1.30. The molecule has 0 aliphatic carbocycles. The Labute approximate surface area is 151 Å². The van der Waals surface area contributed by atoms with Gasteiger partial charge < -0.3 is 9.47 Å². The first-order valence-corrected chi connectivity index (χ1v) is 9.53. The van der Waals surface area contributed by atoms with Crippen molar-refractivity contribution in [2.45, 2.75) is 19.3 Å². The summed E-state index contributed by atoms with van der Waals surface area (Å²) in [4.78, 5) is 12.1. The van der Waals surface area contributed by atoms with Crippen LogP contribution in [0.2, 0.25) is 0 Å². The van der Waals surface area contributed by atoms with Gasteiger partial charge in [0.2, 0.25) is 0 Å². The largest absolute Gasteiger partial charge is 0.492 e. The van der Waals surface area contributed by atoms with Crippen molar-refractivity contribution in [2.24, 2.45) is 0 Å². The Bertz CT molecular complexity index is 780. The molecule has 1 saturated heterocycles. The maximum atomic E-state index is 5.84. The molecular formula is C19H21N3O2S. The topological polar surface area (TPSA) is 47.5 Å². The van der Waals surface area contributed by atoms with E-state index >= 15 is 0 Å². The molecule has 0 spiro atoms. The number of hydrogen-bond acceptors (Lipinski definition) is 6. The fraction of sp³-hybridized carbons (Fsp3) is 0.368. The summed E-state index contributed by atoms with van der Waals surface area (Å²) < 4.78 is 11.7. The third kappa shape index (κ3) is 4.27. The highest BCUT2D eigenvalue weighted by molar-refractivity contribution is 7.19. The SMILES string of the molecule is c1cnc2sc(Oc3ccc(OCCN4CCCCC4)cc3)nc2c1. The van der Waals surface area contributed by atoms with Gasteiger partial charge in [0.05, 0.1) is 0 Å². The molecule has 1 aliphatic heterocycles. The summed E-state index contributed by atoms with van der Waals surface area (Å²) in [5, 5.41) is 0.604. The summed E-state index contributed by atoms with van der Waals surface area (Å²) in [6.07, 6.45) is 5.75. The minimum atomic E-state index is 0.604. The fourth-order valence-electron chi connectivity index (χ4n) is 2.97. The van der Waals surface area contributed by atoms with E-state index in [1.54, 1.807) is 6.20 Å². The number of aromatic nitrogens is 2. The zero-order valence-corrected chi connectivity index (χ0v) is 14.9. The second-order valence-electron chi connectivity index (χ2n) is 6.13. The summed E-state index contributed by atoms with van der Waals surface area (Å²) in [5.41, 5.74) is 0.861. The zero-order chi connectivity index (χ0) is 16.9. The van der Waals surface area contributed by atoms with Crippen LogP contribution in [0.4, 0.5) is 0 Å². The third-order valence-electron chi connectivity index (χ3n) is 4.30. The quantitative estimate of drug-likeness (QED) is 0.658. The van der Waals surface area contributed by atoms with Crippen molar-refractivity contribution in [2.75, 3.05) is 26.2 Å². The van der Waals surface area contributed by atoms with E-state index in [1.165, 1.54) is 43.7 Å².